The number of aromatic carboxylic acids is 1. The number of hydrogen-bond donors (Lipinski definition) is 3. The standard InChI is InChI=1S/C18H25N3O5/c1-18(2,3)26-17(25)21-8-6-12(7-9-21)20-14-10-11(16(23)24)4-5-13(14)15(19)22/h4-5,10,12,20H,6-9H2,1-3H3,(H2,19,22)(H,23,24). The molecule has 1 aromatic rings. The number of nitrogens with one attached hydrogen (secondary N) is 1. The Hall–Kier alpha value is -2.77. The van der Waals surface area contributed by atoms with Gasteiger partial charge in [-0.3, -0.25) is 4.79 Å². The lowest BCUT2D eigenvalue weighted by Gasteiger charge is -2.34. The maximum atomic E-state index is 12.1. The number of carbonyl (C=O) groups excluding carboxylic acids is 2. The Morgan fingerprint density at radius 3 is 2.35 bits per heavy atom. The van der Waals surface area contributed by atoms with E-state index in [1.54, 1.807) is 4.90 Å². The molecule has 2 amide bonds. The summed E-state index contributed by atoms with van der Waals surface area (Å²) >= 11 is 0. The molecule has 8 heteroatoms. The molecule has 0 unspecified atom stereocenters. The van der Waals surface area contributed by atoms with Crippen molar-refractivity contribution < 1.29 is 24.2 Å². The highest BCUT2D eigenvalue weighted by Gasteiger charge is 2.27. The van der Waals surface area contributed by atoms with Gasteiger partial charge in [-0.15, -0.1) is 0 Å². The highest BCUT2D eigenvalue weighted by molar-refractivity contribution is 6.00. The number of rotatable bonds is 4. The number of carboxylic acids is 1. The quantitative estimate of drug-likeness (QED) is 0.754. The van der Waals surface area contributed by atoms with Crippen molar-refractivity contribution in [2.45, 2.75) is 45.3 Å². The average Bonchev–Trinajstić information content (AvgIpc) is 2.53. The van der Waals surface area contributed by atoms with Crippen LogP contribution < -0.4 is 11.1 Å². The summed E-state index contributed by atoms with van der Waals surface area (Å²) in [5.41, 5.74) is 5.54. The van der Waals surface area contributed by atoms with E-state index in [0.717, 1.165) is 0 Å². The molecule has 4 N–H and O–H groups in total. The molecule has 1 fully saturated rings. The molecule has 1 heterocycles. The second-order valence-electron chi connectivity index (χ2n) is 7.32. The second kappa shape index (κ2) is 7.63. The average molecular weight is 363 g/mol. The van der Waals surface area contributed by atoms with E-state index in [1.807, 2.05) is 20.8 Å². The number of primary amides is 1. The fraction of sp³-hybridized carbons (Fsp3) is 0.500. The summed E-state index contributed by atoms with van der Waals surface area (Å²) in [6.07, 6.45) is 0.949. The predicted molar refractivity (Wildman–Crippen MR) is 96.4 cm³/mol. The van der Waals surface area contributed by atoms with Gasteiger partial charge in [0.1, 0.15) is 5.60 Å². The number of carboxylic acid groups (broad SMARTS) is 1. The number of benzene rings is 1. The maximum absolute atomic E-state index is 12.1. The first-order valence-corrected chi connectivity index (χ1v) is 8.48. The van der Waals surface area contributed by atoms with Crippen molar-refractivity contribution >= 4 is 23.7 Å². The van der Waals surface area contributed by atoms with Gasteiger partial charge in [0.05, 0.1) is 11.1 Å². The molecule has 2 rings (SSSR count). The zero-order valence-electron chi connectivity index (χ0n) is 15.2. The minimum Gasteiger partial charge on any atom is -0.478 e. The summed E-state index contributed by atoms with van der Waals surface area (Å²) < 4.78 is 5.36. The summed E-state index contributed by atoms with van der Waals surface area (Å²) in [5, 5.41) is 12.3. The monoisotopic (exact) mass is 363 g/mol. The fourth-order valence-corrected chi connectivity index (χ4v) is 2.76. The van der Waals surface area contributed by atoms with Gasteiger partial charge in [-0.05, 0) is 51.8 Å². The van der Waals surface area contributed by atoms with E-state index in [0.29, 0.717) is 31.6 Å². The van der Waals surface area contributed by atoms with E-state index in [2.05, 4.69) is 5.32 Å². The topological polar surface area (TPSA) is 122 Å². The first kappa shape index (κ1) is 19.6. The van der Waals surface area contributed by atoms with Crippen molar-refractivity contribution in [3.63, 3.8) is 0 Å². The van der Waals surface area contributed by atoms with Crippen LogP contribution in [0.3, 0.4) is 0 Å². The van der Waals surface area contributed by atoms with Crippen molar-refractivity contribution in [2.75, 3.05) is 18.4 Å². The Labute approximate surface area is 152 Å². The van der Waals surface area contributed by atoms with Crippen molar-refractivity contribution in [3.05, 3.63) is 29.3 Å². The number of anilines is 1. The summed E-state index contributed by atoms with van der Waals surface area (Å²) in [5.74, 6) is -1.71. The third-order valence-electron chi connectivity index (χ3n) is 4.04. The van der Waals surface area contributed by atoms with Gasteiger partial charge >= 0.3 is 12.1 Å². The Morgan fingerprint density at radius 2 is 1.85 bits per heavy atom. The van der Waals surface area contributed by atoms with Crippen molar-refractivity contribution in [1.82, 2.24) is 4.90 Å². The number of nitrogens with zero attached hydrogens (tertiary/aromatic N) is 1. The highest BCUT2D eigenvalue weighted by atomic mass is 16.6. The second-order valence-corrected chi connectivity index (χ2v) is 7.32. The smallest absolute Gasteiger partial charge is 0.410 e. The number of piperidine rings is 1. The number of hydrogen-bond acceptors (Lipinski definition) is 5. The van der Waals surface area contributed by atoms with Gasteiger partial charge in [-0.25, -0.2) is 9.59 Å². The van der Waals surface area contributed by atoms with Gasteiger partial charge in [0.2, 0.25) is 0 Å². The van der Waals surface area contributed by atoms with Crippen LogP contribution in [0.25, 0.3) is 0 Å². The molecular weight excluding hydrogens is 338 g/mol. The van der Waals surface area contributed by atoms with Crippen molar-refractivity contribution in [1.29, 1.82) is 0 Å². The van der Waals surface area contributed by atoms with Crippen LogP contribution in [-0.2, 0) is 4.74 Å². The van der Waals surface area contributed by atoms with Gasteiger partial charge in [0.15, 0.2) is 0 Å². The predicted octanol–water partition coefficient (Wildman–Crippen LogP) is 2.30. The van der Waals surface area contributed by atoms with Crippen LogP contribution in [0.2, 0.25) is 0 Å². The van der Waals surface area contributed by atoms with E-state index in [9.17, 15) is 14.4 Å². The van der Waals surface area contributed by atoms with Gasteiger partial charge in [0.25, 0.3) is 5.91 Å². The molecule has 1 aliphatic heterocycles. The lowest BCUT2D eigenvalue weighted by atomic mass is 10.0. The van der Waals surface area contributed by atoms with E-state index in [-0.39, 0.29) is 23.3 Å². The molecule has 0 aromatic heterocycles. The first-order valence-electron chi connectivity index (χ1n) is 8.48. The fourth-order valence-electron chi connectivity index (χ4n) is 2.76. The van der Waals surface area contributed by atoms with Crippen LogP contribution in [0, 0.1) is 0 Å². The Kier molecular flexibility index (Phi) is 5.74. The van der Waals surface area contributed by atoms with Gasteiger partial charge < -0.3 is 25.8 Å². The largest absolute Gasteiger partial charge is 0.478 e. The number of carbonyl (C=O) groups is 3. The molecule has 1 aliphatic rings. The highest BCUT2D eigenvalue weighted by Crippen LogP contribution is 2.23. The molecule has 1 aromatic carbocycles. The Morgan fingerprint density at radius 1 is 1.23 bits per heavy atom. The summed E-state index contributed by atoms with van der Waals surface area (Å²) in [6.45, 7) is 6.48. The molecule has 1 saturated heterocycles. The molecule has 0 saturated carbocycles. The van der Waals surface area contributed by atoms with Crippen LogP contribution in [0.4, 0.5) is 10.5 Å². The normalized spacial score (nSPS) is 15.4. The van der Waals surface area contributed by atoms with E-state index >= 15 is 0 Å². The van der Waals surface area contributed by atoms with Crippen LogP contribution in [-0.4, -0.2) is 52.7 Å². The van der Waals surface area contributed by atoms with Gasteiger partial charge in [0, 0.05) is 24.8 Å². The third kappa shape index (κ3) is 5.11. The molecule has 0 aliphatic carbocycles. The Bertz CT molecular complexity index is 703. The minimum atomic E-state index is -1.08. The summed E-state index contributed by atoms with van der Waals surface area (Å²) in [7, 11) is 0. The molecule has 8 nitrogen and oxygen atoms in total. The lowest BCUT2D eigenvalue weighted by molar-refractivity contribution is 0.0210. The zero-order chi connectivity index (χ0) is 19.5. The van der Waals surface area contributed by atoms with E-state index in [4.69, 9.17) is 15.6 Å². The minimum absolute atomic E-state index is 0.00386. The molecule has 0 bridgehead atoms. The van der Waals surface area contributed by atoms with Crippen LogP contribution in [0.15, 0.2) is 18.2 Å². The maximum Gasteiger partial charge on any atom is 0.410 e. The van der Waals surface area contributed by atoms with E-state index < -0.39 is 17.5 Å². The number of ether oxygens (including phenoxy) is 1. The summed E-state index contributed by atoms with van der Waals surface area (Å²) in [6, 6.07) is 4.15. The summed E-state index contributed by atoms with van der Waals surface area (Å²) in [4.78, 5) is 36.5. The number of amides is 2. The zero-order valence-corrected chi connectivity index (χ0v) is 15.2. The SMILES string of the molecule is CC(C)(C)OC(=O)N1CCC(Nc2cc(C(=O)O)ccc2C(N)=O)CC1. The Balaban J connectivity index is 2.03. The van der Waals surface area contributed by atoms with Crippen LogP contribution >= 0.6 is 0 Å². The van der Waals surface area contributed by atoms with Gasteiger partial charge in [-0.1, -0.05) is 0 Å². The number of nitrogens with two attached hydrogens (primary N) is 1. The van der Waals surface area contributed by atoms with Crippen molar-refractivity contribution in [2.24, 2.45) is 5.73 Å². The van der Waals surface area contributed by atoms with Crippen LogP contribution in [0.5, 0.6) is 0 Å². The van der Waals surface area contributed by atoms with E-state index in [1.165, 1.54) is 18.2 Å². The van der Waals surface area contributed by atoms with Gasteiger partial charge in [-0.2, -0.15) is 0 Å². The third-order valence-corrected chi connectivity index (χ3v) is 4.04. The molecule has 0 spiro atoms. The lowest BCUT2D eigenvalue weighted by Crippen LogP contribution is -2.44. The molecular formula is C18H25N3O5. The molecule has 142 valence electrons. The molecule has 0 radical (unpaired) electrons. The first-order chi connectivity index (χ1) is 12.1. The molecule has 26 heavy (non-hydrogen) atoms. The van der Waals surface area contributed by atoms with Crippen molar-refractivity contribution in [3.8, 4) is 0 Å². The molecule has 0 atom stereocenters. The number of likely N-dealkylation sites (tertiary alicyclic amines) is 1. The van der Waals surface area contributed by atoms with Crippen LogP contribution in [0.1, 0.15) is 54.3 Å².